The van der Waals surface area contributed by atoms with E-state index in [-0.39, 0.29) is 17.7 Å². The van der Waals surface area contributed by atoms with Gasteiger partial charge in [0.05, 0.1) is 13.3 Å². The molecule has 0 aromatic carbocycles. The van der Waals surface area contributed by atoms with Gasteiger partial charge in [0, 0.05) is 38.9 Å². The highest BCUT2D eigenvalue weighted by Crippen LogP contribution is 2.24. The minimum Gasteiger partial charge on any atom is -0.489 e. The van der Waals surface area contributed by atoms with E-state index >= 15 is 0 Å². The highest BCUT2D eigenvalue weighted by atomic mass is 16.5. The molecule has 3 rings (SSSR count). The maximum Gasteiger partial charge on any atom is 0.290 e. The number of aromatic nitrogens is 3. The summed E-state index contributed by atoms with van der Waals surface area (Å²) in [6.45, 7) is 4.71. The molecule has 2 aromatic heterocycles. The first-order valence-electron chi connectivity index (χ1n) is 9.29. The number of anilines is 1. The molecule has 10 heteroatoms. The minimum absolute atomic E-state index is 0.0948. The summed E-state index contributed by atoms with van der Waals surface area (Å²) in [7, 11) is 1.57. The van der Waals surface area contributed by atoms with Crippen LogP contribution in [0.2, 0.25) is 0 Å². The fourth-order valence-corrected chi connectivity index (χ4v) is 3.05. The zero-order valence-electron chi connectivity index (χ0n) is 16.6. The largest absolute Gasteiger partial charge is 0.489 e. The quantitative estimate of drug-likeness (QED) is 0.714. The Morgan fingerprint density at radius 2 is 1.93 bits per heavy atom. The average Bonchev–Trinajstić information content (AvgIpc) is 2.73. The Morgan fingerprint density at radius 1 is 1.17 bits per heavy atom. The molecule has 2 N–H and O–H groups in total. The van der Waals surface area contributed by atoms with E-state index in [9.17, 15) is 9.59 Å². The molecule has 1 saturated heterocycles. The Balaban J connectivity index is 1.55. The number of nitrogens with one attached hydrogen (secondary N) is 2. The summed E-state index contributed by atoms with van der Waals surface area (Å²) in [4.78, 5) is 29.1. The van der Waals surface area contributed by atoms with Crippen molar-refractivity contribution in [3.63, 3.8) is 0 Å². The second kappa shape index (κ2) is 9.18. The number of hydrazine groups is 1. The van der Waals surface area contributed by atoms with Crippen molar-refractivity contribution in [1.29, 1.82) is 0 Å². The zero-order valence-corrected chi connectivity index (χ0v) is 16.6. The second-order valence-electron chi connectivity index (χ2n) is 6.71. The van der Waals surface area contributed by atoms with Gasteiger partial charge in [0.1, 0.15) is 11.9 Å². The van der Waals surface area contributed by atoms with Crippen LogP contribution in [0.4, 0.5) is 5.82 Å². The monoisotopic (exact) mass is 400 g/mol. The lowest BCUT2D eigenvalue weighted by atomic mass is 10.1. The molecule has 0 bridgehead atoms. The van der Waals surface area contributed by atoms with E-state index < -0.39 is 5.91 Å². The fraction of sp³-hybridized carbons (Fsp3) is 0.421. The van der Waals surface area contributed by atoms with Gasteiger partial charge < -0.3 is 14.4 Å². The highest BCUT2D eigenvalue weighted by molar-refractivity contribution is 5.93. The molecule has 1 fully saturated rings. The maximum atomic E-state index is 12.0. The van der Waals surface area contributed by atoms with Crippen molar-refractivity contribution in [2.75, 3.05) is 25.1 Å². The first-order valence-corrected chi connectivity index (χ1v) is 9.29. The van der Waals surface area contributed by atoms with Crippen molar-refractivity contribution in [2.24, 2.45) is 0 Å². The molecular weight excluding hydrogens is 376 g/mol. The normalized spacial score (nSPS) is 14.2. The van der Waals surface area contributed by atoms with Crippen molar-refractivity contribution < 1.29 is 19.1 Å². The molecule has 2 aromatic rings. The first kappa shape index (κ1) is 20.3. The van der Waals surface area contributed by atoms with Crippen molar-refractivity contribution in [3.05, 3.63) is 35.7 Å². The van der Waals surface area contributed by atoms with Crippen LogP contribution in [0.3, 0.4) is 0 Å². The van der Waals surface area contributed by atoms with Crippen LogP contribution in [0.1, 0.15) is 35.8 Å². The number of hydrogen-bond acceptors (Lipinski definition) is 8. The van der Waals surface area contributed by atoms with Gasteiger partial charge in [0.15, 0.2) is 11.5 Å². The molecule has 2 amide bonds. The molecular formula is C19H24N6O4. The first-order chi connectivity index (χ1) is 14.0. The Kier molecular flexibility index (Phi) is 6.43. The zero-order chi connectivity index (χ0) is 20.8. The number of rotatable bonds is 5. The molecule has 0 saturated carbocycles. The number of hydrogen-bond donors (Lipinski definition) is 2. The highest BCUT2D eigenvalue weighted by Gasteiger charge is 2.23. The number of carbonyl (C=O) groups excluding carboxylic acids is 2. The van der Waals surface area contributed by atoms with Crippen LogP contribution in [0, 0.1) is 6.92 Å². The fourth-order valence-electron chi connectivity index (χ4n) is 3.05. The predicted octanol–water partition coefficient (Wildman–Crippen LogP) is 1.02. The number of methoxy groups -OCH3 is 1. The van der Waals surface area contributed by atoms with Gasteiger partial charge in [-0.15, -0.1) is 10.2 Å². The molecule has 1 aliphatic heterocycles. The van der Waals surface area contributed by atoms with Crippen LogP contribution in [0.25, 0.3) is 0 Å². The summed E-state index contributed by atoms with van der Waals surface area (Å²) in [6, 6.07) is 5.27. The Morgan fingerprint density at radius 3 is 2.52 bits per heavy atom. The predicted molar refractivity (Wildman–Crippen MR) is 105 cm³/mol. The standard InChI is InChI=1S/C19H24N6O4/c1-12-10-16(19(27)24-21-13(2)26)22-23-18(12)25-8-6-14(7-9-25)29-15-4-5-17(28-3)20-11-15/h4-5,10-11,14H,6-9H2,1-3H3,(H,21,26)(H,24,27). The third-order valence-corrected chi connectivity index (χ3v) is 4.51. The van der Waals surface area contributed by atoms with E-state index in [1.165, 1.54) is 6.92 Å². The van der Waals surface area contributed by atoms with Gasteiger partial charge in [-0.25, -0.2) is 4.98 Å². The molecule has 0 unspecified atom stereocenters. The van der Waals surface area contributed by atoms with E-state index in [0.29, 0.717) is 5.88 Å². The lowest BCUT2D eigenvalue weighted by molar-refractivity contribution is -0.119. The summed E-state index contributed by atoms with van der Waals surface area (Å²) >= 11 is 0. The third-order valence-electron chi connectivity index (χ3n) is 4.51. The van der Waals surface area contributed by atoms with E-state index in [4.69, 9.17) is 9.47 Å². The van der Waals surface area contributed by atoms with Crippen molar-refractivity contribution in [3.8, 4) is 11.6 Å². The van der Waals surface area contributed by atoms with Gasteiger partial charge in [-0.3, -0.25) is 20.4 Å². The molecule has 0 aliphatic carbocycles. The van der Waals surface area contributed by atoms with E-state index in [2.05, 4.69) is 30.9 Å². The number of amides is 2. The molecule has 10 nitrogen and oxygen atoms in total. The Hall–Kier alpha value is -3.43. The Labute approximate surface area is 168 Å². The number of pyridine rings is 1. The maximum absolute atomic E-state index is 12.0. The average molecular weight is 400 g/mol. The summed E-state index contributed by atoms with van der Waals surface area (Å²) in [5.41, 5.74) is 5.49. The van der Waals surface area contributed by atoms with Crippen molar-refractivity contribution >= 4 is 17.6 Å². The van der Waals surface area contributed by atoms with Crippen LogP contribution in [-0.4, -0.2) is 53.3 Å². The van der Waals surface area contributed by atoms with Gasteiger partial charge in [-0.2, -0.15) is 0 Å². The Bertz CT molecular complexity index is 866. The van der Waals surface area contributed by atoms with E-state index in [0.717, 1.165) is 43.1 Å². The molecule has 1 aliphatic rings. The van der Waals surface area contributed by atoms with Crippen LogP contribution in [-0.2, 0) is 4.79 Å². The van der Waals surface area contributed by atoms with Crippen LogP contribution in [0.15, 0.2) is 24.4 Å². The molecule has 154 valence electrons. The smallest absolute Gasteiger partial charge is 0.290 e. The van der Waals surface area contributed by atoms with Crippen LogP contribution < -0.4 is 25.2 Å². The topological polar surface area (TPSA) is 119 Å². The lowest BCUT2D eigenvalue weighted by Crippen LogP contribution is -2.41. The molecule has 3 heterocycles. The number of piperidine rings is 1. The van der Waals surface area contributed by atoms with Gasteiger partial charge in [0.25, 0.3) is 5.91 Å². The summed E-state index contributed by atoms with van der Waals surface area (Å²) in [5.74, 6) is 1.13. The van der Waals surface area contributed by atoms with E-state index in [1.54, 1.807) is 25.4 Å². The summed E-state index contributed by atoms with van der Waals surface area (Å²) in [6.07, 6.45) is 3.42. The number of carbonyl (C=O) groups is 2. The molecule has 0 radical (unpaired) electrons. The number of ether oxygens (including phenoxy) is 2. The number of nitrogens with zero attached hydrogens (tertiary/aromatic N) is 4. The van der Waals surface area contributed by atoms with Crippen LogP contribution in [0.5, 0.6) is 11.6 Å². The van der Waals surface area contributed by atoms with E-state index in [1.807, 2.05) is 13.0 Å². The van der Waals surface area contributed by atoms with Crippen LogP contribution >= 0.6 is 0 Å². The summed E-state index contributed by atoms with van der Waals surface area (Å²) in [5, 5.41) is 8.21. The molecule has 0 spiro atoms. The van der Waals surface area contributed by atoms with Gasteiger partial charge in [-0.05, 0) is 24.6 Å². The second-order valence-corrected chi connectivity index (χ2v) is 6.71. The van der Waals surface area contributed by atoms with Crippen molar-refractivity contribution in [1.82, 2.24) is 26.0 Å². The molecule has 0 atom stereocenters. The lowest BCUT2D eigenvalue weighted by Gasteiger charge is -2.33. The SMILES string of the molecule is COc1ccc(OC2CCN(c3nnc(C(=O)NNC(C)=O)cc3C)CC2)cn1. The van der Waals surface area contributed by atoms with Gasteiger partial charge in [-0.1, -0.05) is 0 Å². The number of aryl methyl sites for hydroxylation is 1. The summed E-state index contributed by atoms with van der Waals surface area (Å²) < 4.78 is 11.0. The van der Waals surface area contributed by atoms with Crippen molar-refractivity contribution in [2.45, 2.75) is 32.8 Å². The molecule has 29 heavy (non-hydrogen) atoms. The minimum atomic E-state index is -0.512. The third kappa shape index (κ3) is 5.31. The van der Waals surface area contributed by atoms with Gasteiger partial charge in [0.2, 0.25) is 11.8 Å². The van der Waals surface area contributed by atoms with Gasteiger partial charge >= 0.3 is 0 Å².